The number of rotatable bonds is 1. The minimum absolute atomic E-state index is 0.104. The number of Topliss-reactive ketones (excluding diaryl/α,β-unsaturated/α-hetero) is 1. The van der Waals surface area contributed by atoms with E-state index in [-0.39, 0.29) is 5.78 Å². The molecule has 0 aromatic heterocycles. The highest BCUT2D eigenvalue weighted by Gasteiger charge is 2.34. The zero-order valence-corrected chi connectivity index (χ0v) is 8.42. The number of nitrogens with two attached hydrogens (primary N) is 1. The van der Waals surface area contributed by atoms with E-state index in [2.05, 4.69) is 12.1 Å². The Hall–Kier alpha value is -1.15. The molecular formula is C12H15NO. The summed E-state index contributed by atoms with van der Waals surface area (Å²) in [7, 11) is 0. The highest BCUT2D eigenvalue weighted by molar-refractivity contribution is 5.86. The van der Waals surface area contributed by atoms with E-state index in [4.69, 9.17) is 5.73 Å². The van der Waals surface area contributed by atoms with Gasteiger partial charge >= 0.3 is 0 Å². The maximum atomic E-state index is 11.4. The smallest absolute Gasteiger partial charge is 0.149 e. The van der Waals surface area contributed by atoms with E-state index in [1.165, 1.54) is 11.1 Å². The van der Waals surface area contributed by atoms with Gasteiger partial charge < -0.3 is 5.73 Å². The van der Waals surface area contributed by atoms with Crippen LogP contribution in [0.2, 0.25) is 0 Å². The molecule has 0 amide bonds. The molecule has 74 valence electrons. The Balaban J connectivity index is 2.34. The largest absolute Gasteiger partial charge is 0.319 e. The summed E-state index contributed by atoms with van der Waals surface area (Å²) in [5, 5.41) is 0. The molecule has 2 nitrogen and oxygen atoms in total. The van der Waals surface area contributed by atoms with E-state index in [0.717, 1.165) is 12.8 Å². The number of carbonyl (C=O) groups is 1. The van der Waals surface area contributed by atoms with Gasteiger partial charge in [0.15, 0.2) is 0 Å². The highest BCUT2D eigenvalue weighted by atomic mass is 16.1. The molecule has 0 aliphatic heterocycles. The van der Waals surface area contributed by atoms with Crippen LogP contribution in [0.1, 0.15) is 24.5 Å². The summed E-state index contributed by atoms with van der Waals surface area (Å²) in [4.78, 5) is 11.4. The van der Waals surface area contributed by atoms with Crippen LogP contribution in [-0.2, 0) is 17.6 Å². The molecule has 0 radical (unpaired) electrons. The zero-order chi connectivity index (χ0) is 10.2. The zero-order valence-electron chi connectivity index (χ0n) is 8.42. The van der Waals surface area contributed by atoms with Gasteiger partial charge in [-0.3, -0.25) is 4.79 Å². The summed E-state index contributed by atoms with van der Waals surface area (Å²) in [5.41, 5.74) is 8.03. The van der Waals surface area contributed by atoms with Crippen LogP contribution < -0.4 is 5.73 Å². The Kier molecular flexibility index (Phi) is 2.16. The summed E-state index contributed by atoms with van der Waals surface area (Å²) in [6.07, 6.45) is 2.39. The first kappa shape index (κ1) is 9.41. The van der Waals surface area contributed by atoms with Crippen molar-refractivity contribution in [3.63, 3.8) is 0 Å². The summed E-state index contributed by atoms with van der Waals surface area (Å²) >= 11 is 0. The minimum Gasteiger partial charge on any atom is -0.319 e. The molecule has 0 bridgehead atoms. The molecule has 1 atom stereocenters. The van der Waals surface area contributed by atoms with Gasteiger partial charge in [0.05, 0.1) is 5.54 Å². The molecule has 0 heterocycles. The van der Waals surface area contributed by atoms with Crippen LogP contribution in [0.15, 0.2) is 24.3 Å². The third-order valence-electron chi connectivity index (χ3n) is 3.17. The van der Waals surface area contributed by atoms with Crippen molar-refractivity contribution in [3.8, 4) is 0 Å². The van der Waals surface area contributed by atoms with Crippen LogP contribution in [-0.4, -0.2) is 11.3 Å². The molecular weight excluding hydrogens is 174 g/mol. The van der Waals surface area contributed by atoms with Crippen LogP contribution in [0, 0.1) is 0 Å². The van der Waals surface area contributed by atoms with E-state index in [0.29, 0.717) is 6.42 Å². The summed E-state index contributed by atoms with van der Waals surface area (Å²) in [6, 6.07) is 8.23. The Bertz CT molecular complexity index is 372. The van der Waals surface area contributed by atoms with Crippen molar-refractivity contribution in [1.29, 1.82) is 0 Å². The normalized spacial score (nSPS) is 25.6. The molecule has 0 spiro atoms. The van der Waals surface area contributed by atoms with Gasteiger partial charge in [-0.1, -0.05) is 24.3 Å². The Morgan fingerprint density at radius 1 is 1.36 bits per heavy atom. The van der Waals surface area contributed by atoms with Gasteiger partial charge in [0.1, 0.15) is 5.78 Å². The van der Waals surface area contributed by atoms with E-state index in [1.807, 2.05) is 12.1 Å². The molecule has 2 rings (SSSR count). The fourth-order valence-corrected chi connectivity index (χ4v) is 2.06. The lowest BCUT2D eigenvalue weighted by Gasteiger charge is -2.32. The first-order valence-corrected chi connectivity index (χ1v) is 4.98. The van der Waals surface area contributed by atoms with E-state index >= 15 is 0 Å². The molecule has 1 aromatic rings. The minimum atomic E-state index is -0.617. The standard InChI is InChI=1S/C12H15NO/c1-9(14)12(13)7-6-10-4-2-3-5-11(10)8-12/h2-5H,6-8,13H2,1H3. The molecule has 2 N–H and O–H groups in total. The fraction of sp³-hybridized carbons (Fsp3) is 0.417. The number of benzene rings is 1. The number of hydrogen-bond donors (Lipinski definition) is 1. The lowest BCUT2D eigenvalue weighted by Crippen LogP contribution is -2.51. The van der Waals surface area contributed by atoms with Crippen LogP contribution in [0.3, 0.4) is 0 Å². The van der Waals surface area contributed by atoms with Crippen molar-refractivity contribution >= 4 is 5.78 Å². The predicted octanol–water partition coefficient (Wildman–Crippen LogP) is 1.46. The van der Waals surface area contributed by atoms with Crippen molar-refractivity contribution in [2.45, 2.75) is 31.7 Å². The van der Waals surface area contributed by atoms with Gasteiger partial charge in [0, 0.05) is 0 Å². The maximum Gasteiger partial charge on any atom is 0.149 e. The van der Waals surface area contributed by atoms with Crippen LogP contribution >= 0.6 is 0 Å². The van der Waals surface area contributed by atoms with Gasteiger partial charge in [-0.25, -0.2) is 0 Å². The molecule has 14 heavy (non-hydrogen) atoms. The van der Waals surface area contributed by atoms with Crippen LogP contribution in [0.5, 0.6) is 0 Å². The van der Waals surface area contributed by atoms with Crippen molar-refractivity contribution < 1.29 is 4.79 Å². The van der Waals surface area contributed by atoms with Crippen molar-refractivity contribution in [3.05, 3.63) is 35.4 Å². The number of ketones is 1. The molecule has 0 saturated carbocycles. The average molecular weight is 189 g/mol. The topological polar surface area (TPSA) is 43.1 Å². The van der Waals surface area contributed by atoms with Crippen molar-refractivity contribution in [2.75, 3.05) is 0 Å². The average Bonchev–Trinajstić information content (AvgIpc) is 2.17. The molecule has 2 heteroatoms. The van der Waals surface area contributed by atoms with E-state index in [9.17, 15) is 4.79 Å². The number of aryl methyl sites for hydroxylation is 1. The predicted molar refractivity (Wildman–Crippen MR) is 56.1 cm³/mol. The second-order valence-electron chi connectivity index (χ2n) is 4.16. The highest BCUT2D eigenvalue weighted by Crippen LogP contribution is 2.27. The van der Waals surface area contributed by atoms with E-state index < -0.39 is 5.54 Å². The Labute approximate surface area is 84.1 Å². The summed E-state index contributed by atoms with van der Waals surface area (Å²) < 4.78 is 0. The molecule has 1 aliphatic carbocycles. The second kappa shape index (κ2) is 3.21. The van der Waals surface area contributed by atoms with Gasteiger partial charge in [0.2, 0.25) is 0 Å². The maximum absolute atomic E-state index is 11.4. The second-order valence-corrected chi connectivity index (χ2v) is 4.16. The van der Waals surface area contributed by atoms with Gasteiger partial charge in [-0.15, -0.1) is 0 Å². The first-order valence-electron chi connectivity index (χ1n) is 4.98. The summed E-state index contributed by atoms with van der Waals surface area (Å²) in [5.74, 6) is 0.104. The first-order chi connectivity index (χ1) is 6.62. The molecule has 1 aromatic carbocycles. The van der Waals surface area contributed by atoms with Gasteiger partial charge in [-0.2, -0.15) is 0 Å². The van der Waals surface area contributed by atoms with Crippen LogP contribution in [0.25, 0.3) is 0 Å². The molecule has 0 saturated heterocycles. The number of carbonyl (C=O) groups excluding carboxylic acids is 1. The fourth-order valence-electron chi connectivity index (χ4n) is 2.06. The number of hydrogen-bond acceptors (Lipinski definition) is 2. The molecule has 1 unspecified atom stereocenters. The molecule has 0 fully saturated rings. The Morgan fingerprint density at radius 2 is 2.00 bits per heavy atom. The van der Waals surface area contributed by atoms with Crippen LogP contribution in [0.4, 0.5) is 0 Å². The monoisotopic (exact) mass is 189 g/mol. The molecule has 1 aliphatic rings. The van der Waals surface area contributed by atoms with E-state index in [1.54, 1.807) is 6.92 Å². The lowest BCUT2D eigenvalue weighted by molar-refractivity contribution is -0.122. The van der Waals surface area contributed by atoms with Crippen molar-refractivity contribution in [2.24, 2.45) is 5.73 Å². The lowest BCUT2D eigenvalue weighted by atomic mass is 9.76. The SMILES string of the molecule is CC(=O)C1(N)CCc2ccccc2C1. The third-order valence-corrected chi connectivity index (χ3v) is 3.17. The number of fused-ring (bicyclic) bond motifs is 1. The van der Waals surface area contributed by atoms with Gasteiger partial charge in [0.25, 0.3) is 0 Å². The van der Waals surface area contributed by atoms with Crippen molar-refractivity contribution in [1.82, 2.24) is 0 Å². The third kappa shape index (κ3) is 1.46. The van der Waals surface area contributed by atoms with Gasteiger partial charge in [-0.05, 0) is 37.3 Å². The quantitative estimate of drug-likeness (QED) is 0.726. The Morgan fingerprint density at radius 3 is 2.64 bits per heavy atom. The summed E-state index contributed by atoms with van der Waals surface area (Å²) in [6.45, 7) is 1.59.